The molecule has 1 aromatic rings. The van der Waals surface area contributed by atoms with Gasteiger partial charge in [-0.15, -0.1) is 0 Å². The molecule has 1 aromatic carbocycles. The second-order valence-corrected chi connectivity index (χ2v) is 6.01. The zero-order valence-electron chi connectivity index (χ0n) is 13.7. The fourth-order valence-electron chi connectivity index (χ4n) is 2.37. The van der Waals surface area contributed by atoms with Crippen molar-refractivity contribution in [2.75, 3.05) is 0 Å². The van der Waals surface area contributed by atoms with Crippen LogP contribution in [0.5, 0.6) is 0 Å². The van der Waals surface area contributed by atoms with Crippen molar-refractivity contribution < 1.29 is 44.6 Å². The molecule has 1 rings (SSSR count). The highest BCUT2D eigenvalue weighted by atomic mass is 19.4. The van der Waals surface area contributed by atoms with Crippen molar-refractivity contribution in [1.29, 1.82) is 0 Å². The van der Waals surface area contributed by atoms with Crippen LogP contribution in [0.25, 0.3) is 0 Å². The molecule has 0 aromatic heterocycles. The molecule has 0 spiro atoms. The summed E-state index contributed by atoms with van der Waals surface area (Å²) in [5, 5.41) is 9.87. The maximum atomic E-state index is 13.7. The van der Waals surface area contributed by atoms with Crippen LogP contribution < -0.4 is 0 Å². The lowest BCUT2D eigenvalue weighted by Gasteiger charge is -2.34. The number of aliphatic hydroxyl groups excluding tert-OH is 1. The summed E-state index contributed by atoms with van der Waals surface area (Å²) in [6.07, 6.45) is -11.0. The molecule has 2 unspecified atom stereocenters. The number of hydrogen-bond acceptors (Lipinski definition) is 1. The highest BCUT2D eigenvalue weighted by molar-refractivity contribution is 5.32. The van der Waals surface area contributed by atoms with Crippen molar-refractivity contribution >= 4 is 0 Å². The van der Waals surface area contributed by atoms with Gasteiger partial charge in [0, 0.05) is 6.42 Å². The van der Waals surface area contributed by atoms with Crippen LogP contribution in [0.2, 0.25) is 0 Å². The lowest BCUT2D eigenvalue weighted by Crippen LogP contribution is -2.61. The van der Waals surface area contributed by atoms with Crippen molar-refractivity contribution in [3.8, 4) is 0 Å². The van der Waals surface area contributed by atoms with E-state index in [1.807, 2.05) is 0 Å². The standard InChI is InChI=1S/C16H17F9O/c1-3-9(2)10-6-4-5-7-11(10)12(26)8-13(17,18)14(19,20)15(21,22)16(23,24)25/h4-7,9,12,26H,3,8H2,1-2H3. The number of benzene rings is 1. The van der Waals surface area contributed by atoms with Gasteiger partial charge in [-0.3, -0.25) is 0 Å². The van der Waals surface area contributed by atoms with Crippen LogP contribution in [-0.2, 0) is 0 Å². The van der Waals surface area contributed by atoms with E-state index in [4.69, 9.17) is 0 Å². The lowest BCUT2D eigenvalue weighted by molar-refractivity contribution is -0.398. The summed E-state index contributed by atoms with van der Waals surface area (Å²) in [7, 11) is 0. The van der Waals surface area contributed by atoms with Gasteiger partial charge in [0.05, 0.1) is 6.10 Å². The third-order valence-corrected chi connectivity index (χ3v) is 4.16. The Bertz CT molecular complexity index is 610. The second kappa shape index (κ2) is 7.28. The minimum atomic E-state index is -6.96. The van der Waals surface area contributed by atoms with Gasteiger partial charge in [0.25, 0.3) is 0 Å². The Morgan fingerprint density at radius 3 is 1.73 bits per heavy atom. The Morgan fingerprint density at radius 1 is 0.846 bits per heavy atom. The molecule has 10 heteroatoms. The van der Waals surface area contributed by atoms with Crippen LogP contribution in [0.4, 0.5) is 39.5 Å². The molecule has 0 saturated heterocycles. The van der Waals surface area contributed by atoms with Gasteiger partial charge < -0.3 is 5.11 Å². The Balaban J connectivity index is 3.21. The maximum absolute atomic E-state index is 13.7. The van der Waals surface area contributed by atoms with E-state index in [9.17, 15) is 44.6 Å². The normalized spacial score (nSPS) is 16.5. The van der Waals surface area contributed by atoms with Crippen molar-refractivity contribution in [3.63, 3.8) is 0 Å². The molecular formula is C16H17F9O. The van der Waals surface area contributed by atoms with Gasteiger partial charge in [-0.2, -0.15) is 39.5 Å². The molecule has 0 fully saturated rings. The summed E-state index contributed by atoms with van der Waals surface area (Å²) in [5.74, 6) is -19.8. The minimum absolute atomic E-state index is 0.229. The van der Waals surface area contributed by atoms with Gasteiger partial charge in [-0.25, -0.2) is 0 Å². The quantitative estimate of drug-likeness (QED) is 0.553. The molecule has 0 aliphatic rings. The molecule has 1 nitrogen and oxygen atoms in total. The molecule has 0 aliphatic heterocycles. The minimum Gasteiger partial charge on any atom is -0.388 e. The van der Waals surface area contributed by atoms with Crippen molar-refractivity contribution in [2.24, 2.45) is 0 Å². The van der Waals surface area contributed by atoms with Crippen LogP contribution in [0.1, 0.15) is 49.8 Å². The molecule has 0 aliphatic carbocycles. The fraction of sp³-hybridized carbons (Fsp3) is 0.625. The van der Waals surface area contributed by atoms with Gasteiger partial charge in [0.1, 0.15) is 0 Å². The largest absolute Gasteiger partial charge is 0.460 e. The molecule has 150 valence electrons. The summed E-state index contributed by atoms with van der Waals surface area (Å²) in [4.78, 5) is 0. The smallest absolute Gasteiger partial charge is 0.388 e. The first kappa shape index (κ1) is 22.6. The predicted molar refractivity (Wildman–Crippen MR) is 75.6 cm³/mol. The van der Waals surface area contributed by atoms with E-state index >= 15 is 0 Å². The number of alkyl halides is 9. The molecule has 0 amide bonds. The van der Waals surface area contributed by atoms with E-state index in [1.165, 1.54) is 18.2 Å². The summed E-state index contributed by atoms with van der Waals surface area (Å²) < 4.78 is 116. The van der Waals surface area contributed by atoms with Crippen molar-refractivity contribution in [1.82, 2.24) is 0 Å². The van der Waals surface area contributed by atoms with E-state index < -0.39 is 36.5 Å². The summed E-state index contributed by atoms with van der Waals surface area (Å²) >= 11 is 0. The Labute approximate surface area is 143 Å². The Hall–Kier alpha value is -1.45. The monoisotopic (exact) mass is 396 g/mol. The zero-order valence-corrected chi connectivity index (χ0v) is 13.7. The third kappa shape index (κ3) is 3.94. The summed E-state index contributed by atoms with van der Waals surface area (Å²) in [6, 6.07) is 5.34. The van der Waals surface area contributed by atoms with Crippen LogP contribution in [0.15, 0.2) is 24.3 Å². The van der Waals surface area contributed by atoms with Crippen LogP contribution in [-0.4, -0.2) is 29.1 Å². The van der Waals surface area contributed by atoms with E-state index in [-0.39, 0.29) is 11.5 Å². The van der Waals surface area contributed by atoms with Gasteiger partial charge in [0.15, 0.2) is 0 Å². The van der Waals surface area contributed by atoms with Gasteiger partial charge in [-0.05, 0) is 23.5 Å². The van der Waals surface area contributed by atoms with Crippen LogP contribution >= 0.6 is 0 Å². The van der Waals surface area contributed by atoms with Crippen molar-refractivity contribution in [2.45, 2.75) is 62.7 Å². The lowest BCUT2D eigenvalue weighted by atomic mass is 9.88. The maximum Gasteiger partial charge on any atom is 0.460 e. The number of hydrogen-bond donors (Lipinski definition) is 1. The predicted octanol–water partition coefficient (Wildman–Crippen LogP) is 6.09. The van der Waals surface area contributed by atoms with E-state index in [1.54, 1.807) is 13.8 Å². The molecule has 0 bridgehead atoms. The zero-order chi connectivity index (χ0) is 20.6. The first-order valence-electron chi connectivity index (χ1n) is 7.57. The Morgan fingerprint density at radius 2 is 1.31 bits per heavy atom. The SMILES string of the molecule is CCC(C)c1ccccc1C(O)CC(F)(F)C(F)(F)C(F)(F)C(F)(F)F. The van der Waals surface area contributed by atoms with E-state index in [0.29, 0.717) is 12.0 Å². The van der Waals surface area contributed by atoms with Crippen molar-refractivity contribution in [3.05, 3.63) is 35.4 Å². The highest BCUT2D eigenvalue weighted by Gasteiger charge is 2.81. The third-order valence-electron chi connectivity index (χ3n) is 4.16. The molecule has 0 heterocycles. The van der Waals surface area contributed by atoms with Gasteiger partial charge >= 0.3 is 23.9 Å². The summed E-state index contributed by atoms with van der Waals surface area (Å²) in [5.41, 5.74) is 0.0804. The molecule has 1 N–H and O–H groups in total. The topological polar surface area (TPSA) is 20.2 Å². The van der Waals surface area contributed by atoms with Gasteiger partial charge in [-0.1, -0.05) is 38.1 Å². The molecule has 0 saturated carbocycles. The van der Waals surface area contributed by atoms with Gasteiger partial charge in [0.2, 0.25) is 0 Å². The fourth-order valence-corrected chi connectivity index (χ4v) is 2.37. The molecule has 26 heavy (non-hydrogen) atoms. The average molecular weight is 396 g/mol. The molecular weight excluding hydrogens is 379 g/mol. The first-order chi connectivity index (χ1) is 11.6. The van der Waals surface area contributed by atoms with Crippen LogP contribution in [0, 0.1) is 0 Å². The number of aliphatic hydroxyl groups is 1. The van der Waals surface area contributed by atoms with E-state index in [2.05, 4.69) is 0 Å². The van der Waals surface area contributed by atoms with Crippen LogP contribution in [0.3, 0.4) is 0 Å². The molecule has 2 atom stereocenters. The summed E-state index contributed by atoms with van der Waals surface area (Å²) in [6.45, 7) is 3.37. The number of halogens is 9. The number of rotatable bonds is 7. The Kier molecular flexibility index (Phi) is 6.33. The second-order valence-electron chi connectivity index (χ2n) is 6.01. The first-order valence-corrected chi connectivity index (χ1v) is 7.57. The van der Waals surface area contributed by atoms with E-state index in [0.717, 1.165) is 6.07 Å². The highest BCUT2D eigenvalue weighted by Crippen LogP contribution is 2.55. The average Bonchev–Trinajstić information content (AvgIpc) is 2.52. The molecule has 0 radical (unpaired) electrons.